The lowest BCUT2D eigenvalue weighted by molar-refractivity contribution is 0.0418. The first-order valence-corrected chi connectivity index (χ1v) is 4.17. The molecule has 1 heterocycles. The number of thioether (sulfide) groups is 1. The van der Waals surface area contributed by atoms with E-state index in [4.69, 9.17) is 12.2 Å². The van der Waals surface area contributed by atoms with Crippen molar-refractivity contribution in [2.24, 2.45) is 0 Å². The Labute approximate surface area is 64.0 Å². The van der Waals surface area contributed by atoms with Gasteiger partial charge in [-0.15, -0.1) is 0 Å². The predicted octanol–water partition coefficient (Wildman–Crippen LogP) is 0.706. The first-order chi connectivity index (χ1) is 4.10. The minimum Gasteiger partial charge on any atom is -0.371 e. The predicted molar refractivity (Wildman–Crippen MR) is 43.4 cm³/mol. The molecule has 4 heteroatoms. The Balaban J connectivity index is 2.51. The fourth-order valence-corrected chi connectivity index (χ4v) is 2.11. The summed E-state index contributed by atoms with van der Waals surface area (Å²) < 4.78 is 0.700. The number of nitrogens with one attached hydrogen (secondary N) is 1. The molecule has 1 fully saturated rings. The number of rotatable bonds is 0. The summed E-state index contributed by atoms with van der Waals surface area (Å²) in [5.74, 6) is 0.916. The van der Waals surface area contributed by atoms with Crippen molar-refractivity contribution in [1.29, 1.82) is 0 Å². The van der Waals surface area contributed by atoms with Gasteiger partial charge in [-0.3, -0.25) is 0 Å². The highest BCUT2D eigenvalue weighted by Crippen LogP contribution is 2.19. The van der Waals surface area contributed by atoms with Crippen molar-refractivity contribution in [2.45, 2.75) is 19.1 Å². The first-order valence-electron chi connectivity index (χ1n) is 2.77. The number of hydrogen-bond acceptors (Lipinski definition) is 3. The van der Waals surface area contributed by atoms with E-state index >= 15 is 0 Å². The molecular formula is C5H9NOS2. The Bertz CT molecular complexity index is 135. The lowest BCUT2D eigenvalue weighted by Gasteiger charge is -2.29. The van der Waals surface area contributed by atoms with Gasteiger partial charge in [0.2, 0.25) is 0 Å². The average Bonchev–Trinajstić information content (AvgIpc) is 1.60. The molecule has 0 bridgehead atoms. The molecule has 0 amide bonds. The summed E-state index contributed by atoms with van der Waals surface area (Å²) in [5.41, 5.74) is -0.762. The second-order valence-electron chi connectivity index (χ2n) is 2.28. The molecule has 52 valence electrons. The van der Waals surface area contributed by atoms with Crippen LogP contribution in [-0.4, -0.2) is 20.9 Å². The van der Waals surface area contributed by atoms with Crippen molar-refractivity contribution < 1.29 is 5.11 Å². The van der Waals surface area contributed by atoms with Crippen LogP contribution in [0.2, 0.25) is 0 Å². The second kappa shape index (κ2) is 2.44. The van der Waals surface area contributed by atoms with Gasteiger partial charge in [0.1, 0.15) is 10.0 Å². The molecule has 0 aromatic rings. The van der Waals surface area contributed by atoms with Gasteiger partial charge in [-0.05, 0) is 6.92 Å². The Morgan fingerprint density at radius 1 is 1.89 bits per heavy atom. The maximum absolute atomic E-state index is 9.33. The molecule has 1 unspecified atom stereocenters. The van der Waals surface area contributed by atoms with E-state index < -0.39 is 5.72 Å². The van der Waals surface area contributed by atoms with E-state index in [2.05, 4.69) is 5.32 Å². The van der Waals surface area contributed by atoms with Crippen molar-refractivity contribution in [3.8, 4) is 0 Å². The zero-order valence-electron chi connectivity index (χ0n) is 5.18. The summed E-state index contributed by atoms with van der Waals surface area (Å²) in [5, 5.41) is 12.1. The number of hydrogen-bond donors (Lipinski definition) is 2. The van der Waals surface area contributed by atoms with Gasteiger partial charge in [0, 0.05) is 12.2 Å². The van der Waals surface area contributed by atoms with Gasteiger partial charge in [-0.2, -0.15) is 0 Å². The molecule has 0 aromatic carbocycles. The summed E-state index contributed by atoms with van der Waals surface area (Å²) in [6.07, 6.45) is 0.762. The zero-order valence-corrected chi connectivity index (χ0v) is 6.81. The highest BCUT2D eigenvalue weighted by molar-refractivity contribution is 8.23. The van der Waals surface area contributed by atoms with E-state index in [1.54, 1.807) is 18.7 Å². The van der Waals surface area contributed by atoms with Gasteiger partial charge in [0.05, 0.1) is 0 Å². The van der Waals surface area contributed by atoms with Crippen LogP contribution in [0.4, 0.5) is 0 Å². The molecular weight excluding hydrogens is 154 g/mol. The van der Waals surface area contributed by atoms with Crippen LogP contribution < -0.4 is 5.32 Å². The van der Waals surface area contributed by atoms with Crippen LogP contribution in [0, 0.1) is 0 Å². The third-order valence-electron chi connectivity index (χ3n) is 1.19. The maximum Gasteiger partial charge on any atom is 0.135 e. The summed E-state index contributed by atoms with van der Waals surface area (Å²) in [6.45, 7) is 1.74. The molecule has 0 saturated carbocycles. The fourth-order valence-electron chi connectivity index (χ4n) is 0.661. The summed E-state index contributed by atoms with van der Waals surface area (Å²) in [7, 11) is 0. The van der Waals surface area contributed by atoms with Crippen LogP contribution >= 0.6 is 24.0 Å². The van der Waals surface area contributed by atoms with Crippen LogP contribution in [0.5, 0.6) is 0 Å². The zero-order chi connectivity index (χ0) is 6.91. The van der Waals surface area contributed by atoms with Gasteiger partial charge in [0.15, 0.2) is 0 Å². The molecule has 0 spiro atoms. The third-order valence-corrected chi connectivity index (χ3v) is 2.42. The fraction of sp³-hybridized carbons (Fsp3) is 0.800. The van der Waals surface area contributed by atoms with Crippen LogP contribution in [0.15, 0.2) is 0 Å². The minimum atomic E-state index is -0.762. The molecule has 2 nitrogen and oxygen atoms in total. The van der Waals surface area contributed by atoms with Crippen LogP contribution in [-0.2, 0) is 0 Å². The topological polar surface area (TPSA) is 32.3 Å². The lowest BCUT2D eigenvalue weighted by atomic mass is 10.2. The summed E-state index contributed by atoms with van der Waals surface area (Å²) in [4.78, 5) is 0. The molecule has 9 heavy (non-hydrogen) atoms. The lowest BCUT2D eigenvalue weighted by Crippen LogP contribution is -2.47. The molecule has 1 aliphatic rings. The normalized spacial score (nSPS) is 36.0. The quantitative estimate of drug-likeness (QED) is 0.515. The minimum absolute atomic E-state index is 0.700. The molecule has 0 radical (unpaired) electrons. The van der Waals surface area contributed by atoms with E-state index in [0.29, 0.717) is 4.32 Å². The molecule has 0 aromatic heterocycles. The maximum atomic E-state index is 9.33. The van der Waals surface area contributed by atoms with Gasteiger partial charge in [0.25, 0.3) is 0 Å². The molecule has 2 N–H and O–H groups in total. The van der Waals surface area contributed by atoms with Crippen molar-refractivity contribution >= 4 is 28.3 Å². The molecule has 1 saturated heterocycles. The number of thiocarbonyl (C=S) groups is 1. The van der Waals surface area contributed by atoms with Gasteiger partial charge in [-0.25, -0.2) is 0 Å². The van der Waals surface area contributed by atoms with Crippen molar-refractivity contribution in [2.75, 3.05) is 5.75 Å². The first kappa shape index (κ1) is 7.31. The molecule has 1 aliphatic heterocycles. The Morgan fingerprint density at radius 3 is 2.89 bits per heavy atom. The molecule has 0 aliphatic carbocycles. The third kappa shape index (κ3) is 2.12. The van der Waals surface area contributed by atoms with Gasteiger partial charge >= 0.3 is 0 Å². The monoisotopic (exact) mass is 163 g/mol. The molecule has 1 rings (SSSR count). The Morgan fingerprint density at radius 2 is 2.56 bits per heavy atom. The SMILES string of the molecule is CC1(O)CCSC(=S)N1. The van der Waals surface area contributed by atoms with Gasteiger partial charge < -0.3 is 10.4 Å². The number of aliphatic hydroxyl groups is 1. The standard InChI is InChI=1S/C5H9NOS2/c1-5(7)2-3-9-4(8)6-5/h7H,2-3H2,1H3,(H,6,8). The van der Waals surface area contributed by atoms with E-state index in [1.165, 1.54) is 0 Å². The summed E-state index contributed by atoms with van der Waals surface area (Å²) in [6, 6.07) is 0. The van der Waals surface area contributed by atoms with Crippen molar-refractivity contribution in [1.82, 2.24) is 5.32 Å². The average molecular weight is 163 g/mol. The van der Waals surface area contributed by atoms with E-state index in [-0.39, 0.29) is 0 Å². The van der Waals surface area contributed by atoms with Crippen molar-refractivity contribution in [3.63, 3.8) is 0 Å². The van der Waals surface area contributed by atoms with E-state index in [9.17, 15) is 5.11 Å². The highest BCUT2D eigenvalue weighted by atomic mass is 32.2. The van der Waals surface area contributed by atoms with Crippen LogP contribution in [0.1, 0.15) is 13.3 Å². The van der Waals surface area contributed by atoms with Crippen LogP contribution in [0.3, 0.4) is 0 Å². The van der Waals surface area contributed by atoms with Crippen LogP contribution in [0.25, 0.3) is 0 Å². The van der Waals surface area contributed by atoms with Crippen molar-refractivity contribution in [3.05, 3.63) is 0 Å². The van der Waals surface area contributed by atoms with E-state index in [0.717, 1.165) is 12.2 Å². The Hall–Kier alpha value is 0.200. The second-order valence-corrected chi connectivity index (χ2v) is 4.06. The van der Waals surface area contributed by atoms with E-state index in [1.807, 2.05) is 0 Å². The summed E-state index contributed by atoms with van der Waals surface area (Å²) >= 11 is 6.43. The molecule has 1 atom stereocenters. The van der Waals surface area contributed by atoms with Gasteiger partial charge in [-0.1, -0.05) is 24.0 Å². The largest absolute Gasteiger partial charge is 0.371 e. The smallest absolute Gasteiger partial charge is 0.135 e. The Kier molecular flexibility index (Phi) is 1.98. The highest BCUT2D eigenvalue weighted by Gasteiger charge is 2.24.